The molecule has 3 unspecified atom stereocenters. The van der Waals surface area contributed by atoms with E-state index in [-0.39, 0.29) is 12.8 Å². The van der Waals surface area contributed by atoms with Crippen LogP contribution in [0.2, 0.25) is 0 Å². The van der Waals surface area contributed by atoms with E-state index in [1.807, 2.05) is 0 Å². The molecule has 0 aliphatic carbocycles. The van der Waals surface area contributed by atoms with Crippen LogP contribution in [-0.4, -0.2) is 64.9 Å². The first-order chi connectivity index (χ1) is 33.1. The van der Waals surface area contributed by atoms with Gasteiger partial charge < -0.3 is 25.2 Å². The molecule has 68 heavy (non-hydrogen) atoms. The van der Waals surface area contributed by atoms with Gasteiger partial charge in [0, 0.05) is 12.8 Å². The number of nitrogens with one attached hydrogen (secondary N) is 1. The minimum atomic E-state index is -4.77. The smallest absolute Gasteiger partial charge is 0.472 e. The summed E-state index contributed by atoms with van der Waals surface area (Å²) in [5.74, 6) is -2.39. The number of carbonyl (C=O) groups excluding carboxylic acids is 2. The van der Waals surface area contributed by atoms with Crippen molar-refractivity contribution in [2.24, 2.45) is 0 Å². The number of aliphatic hydroxyl groups excluding tert-OH is 1. The first-order valence-electron chi connectivity index (χ1n) is 27.0. The van der Waals surface area contributed by atoms with Gasteiger partial charge in [-0.15, -0.1) is 0 Å². The number of aliphatic hydroxyl groups is 1. The van der Waals surface area contributed by atoms with Crippen molar-refractivity contribution in [3.05, 3.63) is 72.9 Å². The maximum absolute atomic E-state index is 12.4. The molecule has 0 radical (unpaired) electrons. The molecule has 0 heterocycles. The topological polar surface area (TPSA) is 169 Å². The van der Waals surface area contributed by atoms with Crippen molar-refractivity contribution in [2.75, 3.05) is 19.8 Å². The maximum Gasteiger partial charge on any atom is 0.472 e. The summed E-state index contributed by atoms with van der Waals surface area (Å²) in [5, 5.41) is 22.0. The van der Waals surface area contributed by atoms with Crippen molar-refractivity contribution < 1.29 is 47.8 Å². The zero-order valence-electron chi connectivity index (χ0n) is 42.9. The molecule has 0 fully saturated rings. The number of rotatable bonds is 50. The molecule has 0 aromatic rings. The molecule has 0 bridgehead atoms. The minimum Gasteiger partial charge on any atom is -0.480 e. The molecule has 392 valence electrons. The summed E-state index contributed by atoms with van der Waals surface area (Å²) in [6, 6.07) is -1.56. The SMILES string of the molecule is CC/C=C\C/C=C\C/C=C\C/C=C\C/C=C\CCCCCCCCCC(=O)NC(COP(=O)(O)OCC(O)COC(=O)CCCCCCCCCCCCC/C=C/CCCCCCCC)C(=O)O. The number of phosphoric ester groups is 1. The van der Waals surface area contributed by atoms with Gasteiger partial charge in [-0.25, -0.2) is 9.36 Å². The average Bonchev–Trinajstić information content (AvgIpc) is 3.32. The van der Waals surface area contributed by atoms with Gasteiger partial charge in [0.2, 0.25) is 5.91 Å². The largest absolute Gasteiger partial charge is 0.480 e. The van der Waals surface area contributed by atoms with Crippen molar-refractivity contribution in [3.63, 3.8) is 0 Å². The summed E-state index contributed by atoms with van der Waals surface area (Å²) in [6.45, 7) is 2.50. The Morgan fingerprint density at radius 1 is 0.485 bits per heavy atom. The molecule has 0 saturated carbocycles. The highest BCUT2D eigenvalue weighted by atomic mass is 31.2. The number of carboxylic acid groups (broad SMARTS) is 1. The van der Waals surface area contributed by atoms with E-state index < -0.39 is 57.6 Å². The molecule has 0 aromatic heterocycles. The van der Waals surface area contributed by atoms with E-state index in [0.717, 1.165) is 96.3 Å². The molecule has 1 amide bonds. The number of hydrogen-bond donors (Lipinski definition) is 4. The van der Waals surface area contributed by atoms with E-state index in [1.165, 1.54) is 96.3 Å². The second-order valence-electron chi connectivity index (χ2n) is 18.0. The van der Waals surface area contributed by atoms with Crippen molar-refractivity contribution in [3.8, 4) is 0 Å². The number of unbranched alkanes of at least 4 members (excludes halogenated alkanes) is 24. The summed E-state index contributed by atoms with van der Waals surface area (Å²) in [7, 11) is -4.77. The first kappa shape index (κ1) is 64.9. The Bertz CT molecular complexity index is 1420. The van der Waals surface area contributed by atoms with Gasteiger partial charge in [0.05, 0.1) is 13.2 Å². The fraction of sp³-hybridized carbons (Fsp3) is 0.732. The van der Waals surface area contributed by atoms with E-state index in [9.17, 15) is 34.1 Å². The van der Waals surface area contributed by atoms with Gasteiger partial charge in [-0.1, -0.05) is 209 Å². The normalized spacial score (nSPS) is 14.1. The highest BCUT2D eigenvalue weighted by Gasteiger charge is 2.28. The van der Waals surface area contributed by atoms with Gasteiger partial charge in [-0.05, 0) is 83.5 Å². The Hall–Kier alpha value is -3.08. The van der Waals surface area contributed by atoms with E-state index in [2.05, 4.69) is 92.1 Å². The monoisotopic (exact) mass is 976 g/mol. The predicted molar refractivity (Wildman–Crippen MR) is 281 cm³/mol. The quantitative estimate of drug-likeness (QED) is 0.0199. The third-order valence-electron chi connectivity index (χ3n) is 11.5. The van der Waals surface area contributed by atoms with Crippen LogP contribution in [0.15, 0.2) is 72.9 Å². The predicted octanol–water partition coefficient (Wildman–Crippen LogP) is 15.2. The first-order valence-corrected chi connectivity index (χ1v) is 28.5. The number of allylic oxidation sites excluding steroid dienone is 12. The molecule has 12 heteroatoms. The van der Waals surface area contributed by atoms with Crippen LogP contribution in [0.5, 0.6) is 0 Å². The Labute approximate surface area is 414 Å². The van der Waals surface area contributed by atoms with Gasteiger partial charge in [0.15, 0.2) is 6.04 Å². The number of aliphatic carboxylic acids is 1. The Kier molecular flexibility index (Phi) is 48.0. The van der Waals surface area contributed by atoms with Gasteiger partial charge in [-0.3, -0.25) is 18.6 Å². The van der Waals surface area contributed by atoms with E-state index in [1.54, 1.807) is 0 Å². The highest BCUT2D eigenvalue weighted by molar-refractivity contribution is 7.47. The van der Waals surface area contributed by atoms with Gasteiger partial charge in [0.25, 0.3) is 0 Å². The summed E-state index contributed by atoms with van der Waals surface area (Å²) >= 11 is 0. The van der Waals surface area contributed by atoms with Crippen LogP contribution >= 0.6 is 7.82 Å². The average molecular weight is 976 g/mol. The second kappa shape index (κ2) is 50.3. The summed E-state index contributed by atoms with van der Waals surface area (Å²) in [4.78, 5) is 46.2. The molecule has 11 nitrogen and oxygen atoms in total. The second-order valence-corrected chi connectivity index (χ2v) is 19.5. The molecule has 4 N–H and O–H groups in total. The van der Waals surface area contributed by atoms with Crippen LogP contribution in [-0.2, 0) is 32.7 Å². The van der Waals surface area contributed by atoms with Crippen LogP contribution < -0.4 is 5.32 Å². The number of esters is 1. The molecule has 0 rings (SSSR count). The number of amides is 1. The van der Waals surface area contributed by atoms with Crippen molar-refractivity contribution in [2.45, 2.75) is 244 Å². The molecular weight excluding hydrogens is 878 g/mol. The molecular formula is C56H98NO10P. The molecule has 0 aromatic carbocycles. The van der Waals surface area contributed by atoms with E-state index in [0.29, 0.717) is 12.8 Å². The standard InChI is InChI=1S/C56H98NO10P/c1-3-5-7-9-11-13-15-17-19-21-23-25-26-28-29-31-33-35-37-39-41-43-45-47-54(59)57-53(56(61)62)51-67-68(63,64)66-50-52(58)49-65-55(60)48-46-44-42-40-38-36-34-32-30-27-24-22-20-18-16-14-12-10-8-6-4-2/h5,7,11,13,17-20,23,25,28-29,52-53,58H,3-4,6,8-10,12,14-16,21-22,24,26-27,30-51H2,1-2H3,(H,57,59)(H,61,62)(H,63,64)/b7-5-,13-11-,19-17-,20-18+,25-23-,29-28-. The zero-order valence-corrected chi connectivity index (χ0v) is 43.8. The van der Waals surface area contributed by atoms with Crippen LogP contribution in [0.1, 0.15) is 232 Å². The molecule has 0 saturated heterocycles. The van der Waals surface area contributed by atoms with Crippen LogP contribution in [0.4, 0.5) is 0 Å². The molecule has 0 aliphatic heterocycles. The lowest BCUT2D eigenvalue weighted by molar-refractivity contribution is -0.147. The third-order valence-corrected chi connectivity index (χ3v) is 12.4. The Morgan fingerprint density at radius 2 is 0.853 bits per heavy atom. The maximum atomic E-state index is 12.4. The molecule has 0 aliphatic rings. The lowest BCUT2D eigenvalue weighted by atomic mass is 10.0. The van der Waals surface area contributed by atoms with Crippen molar-refractivity contribution in [1.29, 1.82) is 0 Å². The molecule has 0 spiro atoms. The van der Waals surface area contributed by atoms with Crippen LogP contribution in [0.3, 0.4) is 0 Å². The Morgan fingerprint density at radius 3 is 1.29 bits per heavy atom. The van der Waals surface area contributed by atoms with Crippen LogP contribution in [0.25, 0.3) is 0 Å². The van der Waals surface area contributed by atoms with Gasteiger partial charge in [-0.2, -0.15) is 0 Å². The summed E-state index contributed by atoms with van der Waals surface area (Å²) < 4.78 is 27.0. The Balaban J connectivity index is 3.84. The fourth-order valence-electron chi connectivity index (χ4n) is 7.34. The van der Waals surface area contributed by atoms with Crippen molar-refractivity contribution in [1.82, 2.24) is 5.32 Å². The fourth-order valence-corrected chi connectivity index (χ4v) is 8.11. The van der Waals surface area contributed by atoms with Gasteiger partial charge >= 0.3 is 19.8 Å². The van der Waals surface area contributed by atoms with E-state index in [4.69, 9.17) is 13.8 Å². The third kappa shape index (κ3) is 49.3. The number of hydrogen-bond acceptors (Lipinski definition) is 8. The van der Waals surface area contributed by atoms with E-state index >= 15 is 0 Å². The lowest BCUT2D eigenvalue weighted by Gasteiger charge is -2.18. The summed E-state index contributed by atoms with van der Waals surface area (Å²) in [5.41, 5.74) is 0. The zero-order chi connectivity index (χ0) is 49.9. The van der Waals surface area contributed by atoms with Gasteiger partial charge in [0.1, 0.15) is 12.7 Å². The lowest BCUT2D eigenvalue weighted by Crippen LogP contribution is -2.43. The highest BCUT2D eigenvalue weighted by Crippen LogP contribution is 2.43. The van der Waals surface area contributed by atoms with Crippen molar-refractivity contribution >= 4 is 25.7 Å². The number of ether oxygens (including phenoxy) is 1. The minimum absolute atomic E-state index is 0.129. The number of carbonyl (C=O) groups is 3. The number of phosphoric acid groups is 1. The number of carboxylic acids is 1. The summed E-state index contributed by atoms with van der Waals surface area (Å²) in [6.07, 6.45) is 62.0. The van der Waals surface area contributed by atoms with Crippen LogP contribution in [0, 0.1) is 0 Å². The molecule has 3 atom stereocenters.